The van der Waals surface area contributed by atoms with Crippen molar-refractivity contribution in [3.05, 3.63) is 40.5 Å². The summed E-state index contributed by atoms with van der Waals surface area (Å²) in [5.74, 6) is 0.152. The fourth-order valence-corrected chi connectivity index (χ4v) is 7.07. The van der Waals surface area contributed by atoms with E-state index in [0.717, 1.165) is 42.5 Å². The molecule has 1 aliphatic heterocycles. The summed E-state index contributed by atoms with van der Waals surface area (Å²) in [6.45, 7) is 0.845. The summed E-state index contributed by atoms with van der Waals surface area (Å²) in [6, 6.07) is 5.30. The predicted octanol–water partition coefficient (Wildman–Crippen LogP) is 3.05. The summed E-state index contributed by atoms with van der Waals surface area (Å²) >= 11 is 1.23. The van der Waals surface area contributed by atoms with Gasteiger partial charge in [0.2, 0.25) is 4.21 Å². The van der Waals surface area contributed by atoms with Gasteiger partial charge in [-0.05, 0) is 43.2 Å². The maximum Gasteiger partial charge on any atom is 0.251 e. The number of carbonyl (C=O) groups excluding carboxylic acids is 1. The normalized spacial score (nSPS) is 21.8. The second-order valence-corrected chi connectivity index (χ2v) is 11.4. The Balaban J connectivity index is 1.57. The minimum absolute atomic E-state index is 0.0934. The number of piperidine rings is 1. The largest absolute Gasteiger partial charge is 0.592 e. The van der Waals surface area contributed by atoms with E-state index in [2.05, 4.69) is 5.32 Å². The highest BCUT2D eigenvalue weighted by molar-refractivity contribution is 7.97. The minimum Gasteiger partial charge on any atom is -0.592 e. The number of nitrogens with one attached hydrogen (secondary N) is 1. The number of carbonyl (C=O) groups is 1. The quantitative estimate of drug-likeness (QED) is 0.591. The summed E-state index contributed by atoms with van der Waals surface area (Å²) < 4.78 is 29.8. The molecule has 4 heterocycles. The number of pyridine rings is 1. The van der Waals surface area contributed by atoms with Gasteiger partial charge in [0.25, 0.3) is 5.91 Å². The van der Waals surface area contributed by atoms with E-state index >= 15 is 0 Å². The first kappa shape index (κ1) is 20.7. The van der Waals surface area contributed by atoms with Crippen LogP contribution in [-0.2, 0) is 21.7 Å². The zero-order valence-electron chi connectivity index (χ0n) is 17.5. The number of sulfonamides is 1. The van der Waals surface area contributed by atoms with Gasteiger partial charge in [-0.25, -0.2) is 4.98 Å². The van der Waals surface area contributed by atoms with Gasteiger partial charge >= 0.3 is 0 Å². The van der Waals surface area contributed by atoms with Crippen molar-refractivity contribution >= 4 is 38.7 Å². The van der Waals surface area contributed by atoms with Crippen LogP contribution in [0.15, 0.2) is 27.8 Å². The Hall–Kier alpha value is -2.14. The van der Waals surface area contributed by atoms with Crippen molar-refractivity contribution in [1.82, 2.24) is 24.4 Å². The highest BCUT2D eigenvalue weighted by atomic mass is 32.3. The third-order valence-electron chi connectivity index (χ3n) is 6.17. The molecule has 31 heavy (non-hydrogen) atoms. The SMILES string of the molecule is CNC(=O)c1cc(C2CC2)nc2c1c(C1CCCN([S+](=O)([O-])c3cccs3)C1)nn2C. The molecule has 1 amide bonds. The smallest absolute Gasteiger partial charge is 0.251 e. The van der Waals surface area contributed by atoms with Crippen molar-refractivity contribution in [2.45, 2.75) is 41.7 Å². The Morgan fingerprint density at radius 3 is 2.81 bits per heavy atom. The zero-order chi connectivity index (χ0) is 21.8. The molecule has 164 valence electrons. The number of hydrogen-bond acceptors (Lipinski definition) is 6. The van der Waals surface area contributed by atoms with E-state index in [9.17, 15) is 13.6 Å². The number of hydrogen-bond donors (Lipinski definition) is 1. The molecule has 0 aromatic carbocycles. The third-order valence-corrected chi connectivity index (χ3v) is 9.41. The fraction of sp³-hybridized carbons (Fsp3) is 0.476. The van der Waals surface area contributed by atoms with Crippen LogP contribution in [0.2, 0.25) is 0 Å². The van der Waals surface area contributed by atoms with Gasteiger partial charge in [-0.3, -0.25) is 9.48 Å². The molecule has 0 bridgehead atoms. The van der Waals surface area contributed by atoms with Crippen LogP contribution >= 0.6 is 11.3 Å². The lowest BCUT2D eigenvalue weighted by atomic mass is 9.92. The topological polar surface area (TPSA) is 103 Å². The van der Waals surface area contributed by atoms with Crippen molar-refractivity contribution in [2.75, 3.05) is 20.1 Å². The Morgan fingerprint density at radius 2 is 2.13 bits per heavy atom. The molecule has 0 radical (unpaired) electrons. The Kier molecular flexibility index (Phi) is 5.20. The molecule has 10 heteroatoms. The van der Waals surface area contributed by atoms with E-state index < -0.39 is 10.4 Å². The molecule has 1 saturated carbocycles. The summed E-state index contributed by atoms with van der Waals surface area (Å²) in [5.41, 5.74) is 2.97. The van der Waals surface area contributed by atoms with Crippen LogP contribution in [0, 0.1) is 0 Å². The summed E-state index contributed by atoms with van der Waals surface area (Å²) in [7, 11) is -0.0627. The summed E-state index contributed by atoms with van der Waals surface area (Å²) in [4.78, 5) is 17.6. The maximum atomic E-state index is 13.1. The summed E-state index contributed by atoms with van der Waals surface area (Å²) in [6.07, 6.45) is 3.75. The molecular formula is C21H25N5O3S2. The van der Waals surface area contributed by atoms with Crippen LogP contribution < -0.4 is 5.32 Å². The molecular weight excluding hydrogens is 434 g/mol. The van der Waals surface area contributed by atoms with Crippen LogP contribution in [-0.4, -0.2) is 49.7 Å². The van der Waals surface area contributed by atoms with E-state index in [1.807, 2.05) is 13.1 Å². The first-order valence-electron chi connectivity index (χ1n) is 10.5. The van der Waals surface area contributed by atoms with Crippen LogP contribution in [0.5, 0.6) is 0 Å². The van der Waals surface area contributed by atoms with Crippen molar-refractivity contribution in [3.8, 4) is 0 Å². The lowest BCUT2D eigenvalue weighted by Gasteiger charge is -2.33. The predicted molar refractivity (Wildman–Crippen MR) is 119 cm³/mol. The van der Waals surface area contributed by atoms with Gasteiger partial charge in [0.05, 0.1) is 23.2 Å². The highest BCUT2D eigenvalue weighted by Gasteiger charge is 2.38. The van der Waals surface area contributed by atoms with Crippen molar-refractivity contribution in [2.24, 2.45) is 7.05 Å². The molecule has 3 aromatic rings. The maximum absolute atomic E-state index is 13.1. The second-order valence-electron chi connectivity index (χ2n) is 8.29. The van der Waals surface area contributed by atoms with Crippen LogP contribution in [0.25, 0.3) is 11.0 Å². The van der Waals surface area contributed by atoms with Gasteiger partial charge in [0.15, 0.2) is 16.0 Å². The van der Waals surface area contributed by atoms with Gasteiger partial charge in [0, 0.05) is 44.2 Å². The number of fused-ring (bicyclic) bond motifs is 1. The monoisotopic (exact) mass is 459 g/mol. The van der Waals surface area contributed by atoms with E-state index in [4.69, 9.17) is 10.1 Å². The molecule has 1 aliphatic carbocycles. The standard InChI is InChI=1S/C21H25N5O3S2/c1-22-21(27)15-11-16(13-7-8-13)23-20-18(15)19(24-25(20)2)14-5-3-9-26(12-14)31(28,29)17-6-4-10-30-17/h4,6,10-11,13-14H,3,5,7-9,12H2,1-2H3,(H-,22,27,28,29). The highest BCUT2D eigenvalue weighted by Crippen LogP contribution is 2.42. The number of aromatic nitrogens is 3. The number of nitrogens with zero attached hydrogens (tertiary/aromatic N) is 4. The molecule has 1 N–H and O–H groups in total. The third kappa shape index (κ3) is 3.61. The Morgan fingerprint density at radius 1 is 1.32 bits per heavy atom. The first-order valence-corrected chi connectivity index (χ1v) is 12.9. The molecule has 2 unspecified atom stereocenters. The van der Waals surface area contributed by atoms with Gasteiger partial charge in [-0.1, -0.05) is 15.5 Å². The molecule has 2 aliphatic rings. The van der Waals surface area contributed by atoms with Gasteiger partial charge in [0.1, 0.15) is 0 Å². The number of aryl methyl sites for hydroxylation is 1. The molecule has 2 fully saturated rings. The van der Waals surface area contributed by atoms with E-state index in [1.54, 1.807) is 33.5 Å². The molecule has 1 saturated heterocycles. The van der Waals surface area contributed by atoms with Crippen LogP contribution in [0.4, 0.5) is 0 Å². The first-order chi connectivity index (χ1) is 14.9. The van der Waals surface area contributed by atoms with Gasteiger partial charge in [-0.15, -0.1) is 4.31 Å². The molecule has 5 rings (SSSR count). The average molecular weight is 460 g/mol. The number of rotatable bonds is 5. The molecule has 2 atom stereocenters. The second kappa shape index (κ2) is 7.77. The molecule has 0 spiro atoms. The van der Waals surface area contributed by atoms with Crippen LogP contribution in [0.3, 0.4) is 0 Å². The van der Waals surface area contributed by atoms with Gasteiger partial charge < -0.3 is 9.87 Å². The summed E-state index contributed by atoms with van der Waals surface area (Å²) in [5, 5.41) is 10.0. The lowest BCUT2D eigenvalue weighted by molar-refractivity contribution is 0.0964. The number of thiophene rings is 1. The Bertz CT molecular complexity index is 1190. The van der Waals surface area contributed by atoms with Crippen molar-refractivity contribution < 1.29 is 13.6 Å². The lowest BCUT2D eigenvalue weighted by Crippen LogP contribution is -2.42. The average Bonchev–Trinajstić information content (AvgIpc) is 3.36. The number of amides is 1. The van der Waals surface area contributed by atoms with Crippen molar-refractivity contribution in [1.29, 1.82) is 0 Å². The van der Waals surface area contributed by atoms with Crippen molar-refractivity contribution in [3.63, 3.8) is 0 Å². The van der Waals surface area contributed by atoms with Crippen LogP contribution in [0.1, 0.15) is 59.3 Å². The molecule has 3 aromatic heterocycles. The van der Waals surface area contributed by atoms with Gasteiger partial charge in [-0.2, -0.15) is 5.10 Å². The fourth-order valence-electron chi connectivity index (χ4n) is 4.41. The zero-order valence-corrected chi connectivity index (χ0v) is 19.2. The van der Waals surface area contributed by atoms with E-state index in [-0.39, 0.29) is 11.8 Å². The molecule has 8 nitrogen and oxygen atoms in total. The minimum atomic E-state index is -3.52. The van der Waals surface area contributed by atoms with E-state index in [0.29, 0.717) is 34.4 Å². The van der Waals surface area contributed by atoms with E-state index in [1.165, 1.54) is 11.3 Å². The Labute approximate surface area is 186 Å².